The Hall–Kier alpha value is -4.48. The number of carbonyl (C=O) groups is 2. The number of nitrogens with zero attached hydrogens (tertiary/aromatic N) is 2. The summed E-state index contributed by atoms with van der Waals surface area (Å²) >= 11 is 7.97. The van der Waals surface area contributed by atoms with Gasteiger partial charge in [-0.2, -0.15) is 0 Å². The third-order valence-corrected chi connectivity index (χ3v) is 7.56. The molecular weight excluding hydrogens is 585 g/mol. The Bertz CT molecular complexity index is 1810. The molecule has 2 heterocycles. The first-order chi connectivity index (χ1) is 20.2. The van der Waals surface area contributed by atoms with Crippen LogP contribution in [0.1, 0.15) is 37.2 Å². The van der Waals surface area contributed by atoms with Gasteiger partial charge in [0, 0.05) is 28.3 Å². The molecule has 216 valence electrons. The molecule has 0 atom stereocenters. The van der Waals surface area contributed by atoms with Crippen molar-refractivity contribution < 1.29 is 33.6 Å². The summed E-state index contributed by atoms with van der Waals surface area (Å²) in [7, 11) is 0. The van der Waals surface area contributed by atoms with Crippen molar-refractivity contribution in [2.24, 2.45) is 0 Å². The Morgan fingerprint density at radius 2 is 1.88 bits per heavy atom. The summed E-state index contributed by atoms with van der Waals surface area (Å²) in [5, 5.41) is 14.3. The Labute approximate surface area is 248 Å². The lowest BCUT2D eigenvalue weighted by atomic mass is 10.0. The maximum absolute atomic E-state index is 13.5. The van der Waals surface area contributed by atoms with Crippen LogP contribution in [0.2, 0.25) is 5.02 Å². The van der Waals surface area contributed by atoms with Crippen molar-refractivity contribution in [3.63, 3.8) is 0 Å². The van der Waals surface area contributed by atoms with E-state index in [-0.39, 0.29) is 18.2 Å². The lowest BCUT2D eigenvalue weighted by Gasteiger charge is -2.13. The Kier molecular flexibility index (Phi) is 8.69. The molecule has 0 amide bonds. The first-order valence-electron chi connectivity index (χ1n) is 13.0. The van der Waals surface area contributed by atoms with Crippen LogP contribution in [0.4, 0.5) is 15.9 Å². The fraction of sp³-hybridized carbons (Fsp3) is 0.200. The molecule has 0 aliphatic rings. The SMILES string of the molecule is CCc1nc(Nc2ccc(OCc3cccc(F)c3)c(Cl)c2)c2c(n1)sc1cc(OOC(=O)CC(=O)O)cc(CC)c12. The maximum Gasteiger partial charge on any atom is 0.366 e. The molecule has 0 saturated carbocycles. The molecule has 5 rings (SSSR count). The molecule has 0 aliphatic heterocycles. The number of hydrogen-bond acceptors (Lipinski definition) is 9. The summed E-state index contributed by atoms with van der Waals surface area (Å²) in [6.45, 7) is 4.12. The molecule has 0 spiro atoms. The van der Waals surface area contributed by atoms with Gasteiger partial charge >= 0.3 is 11.9 Å². The van der Waals surface area contributed by atoms with Gasteiger partial charge < -0.3 is 15.2 Å². The largest absolute Gasteiger partial charge is 0.487 e. The third kappa shape index (κ3) is 6.53. The smallest absolute Gasteiger partial charge is 0.366 e. The number of aryl methyl sites for hydroxylation is 2. The van der Waals surface area contributed by atoms with Gasteiger partial charge in [0.05, 0.1) is 10.4 Å². The van der Waals surface area contributed by atoms with E-state index in [0.717, 1.165) is 25.9 Å². The molecule has 2 aromatic heterocycles. The quantitative estimate of drug-likeness (QED) is 0.0896. The fourth-order valence-corrected chi connectivity index (χ4v) is 5.75. The average Bonchev–Trinajstić information content (AvgIpc) is 3.33. The normalized spacial score (nSPS) is 11.0. The number of carboxylic acid groups (broad SMARTS) is 1. The number of ether oxygens (including phenoxy) is 1. The summed E-state index contributed by atoms with van der Waals surface area (Å²) in [5.41, 5.74) is 2.27. The highest BCUT2D eigenvalue weighted by Gasteiger charge is 2.19. The minimum Gasteiger partial charge on any atom is -0.487 e. The predicted octanol–water partition coefficient (Wildman–Crippen LogP) is 7.40. The number of carboxylic acids is 1. The van der Waals surface area contributed by atoms with Gasteiger partial charge in [0.1, 0.15) is 41.1 Å². The average molecular weight is 610 g/mol. The highest BCUT2D eigenvalue weighted by Crippen LogP contribution is 2.42. The first-order valence-corrected chi connectivity index (χ1v) is 14.2. The number of aliphatic carboxylic acids is 1. The van der Waals surface area contributed by atoms with E-state index in [1.54, 1.807) is 36.4 Å². The molecule has 2 N–H and O–H groups in total. The van der Waals surface area contributed by atoms with Crippen LogP contribution >= 0.6 is 22.9 Å². The number of fused-ring (bicyclic) bond motifs is 3. The monoisotopic (exact) mass is 609 g/mol. The molecule has 0 fully saturated rings. The second-order valence-electron chi connectivity index (χ2n) is 9.23. The number of carbonyl (C=O) groups excluding carboxylic acids is 1. The van der Waals surface area contributed by atoms with Gasteiger partial charge in [-0.1, -0.05) is 37.6 Å². The zero-order chi connectivity index (χ0) is 29.8. The van der Waals surface area contributed by atoms with Crippen LogP contribution < -0.4 is 14.9 Å². The van der Waals surface area contributed by atoms with Gasteiger partial charge in [-0.3, -0.25) is 9.68 Å². The minimum absolute atomic E-state index is 0.168. The number of thiophene rings is 1. The lowest BCUT2D eigenvalue weighted by molar-refractivity contribution is -0.214. The fourth-order valence-electron chi connectivity index (χ4n) is 4.34. The lowest BCUT2D eigenvalue weighted by Crippen LogP contribution is -2.12. The first kappa shape index (κ1) is 29.0. The maximum atomic E-state index is 13.5. The van der Waals surface area contributed by atoms with Crippen molar-refractivity contribution in [1.82, 2.24) is 9.97 Å². The number of aromatic nitrogens is 2. The second-order valence-corrected chi connectivity index (χ2v) is 10.7. The van der Waals surface area contributed by atoms with Crippen molar-refractivity contribution in [1.29, 1.82) is 0 Å². The number of nitrogens with one attached hydrogen (secondary N) is 1. The summed E-state index contributed by atoms with van der Waals surface area (Å²) in [6, 6.07) is 14.9. The molecular formula is C30H25ClFN3O6S. The van der Waals surface area contributed by atoms with E-state index in [4.69, 9.17) is 36.3 Å². The highest BCUT2D eigenvalue weighted by molar-refractivity contribution is 7.25. The molecule has 0 bridgehead atoms. The number of benzene rings is 3. The van der Waals surface area contributed by atoms with Crippen molar-refractivity contribution in [3.8, 4) is 11.5 Å². The van der Waals surface area contributed by atoms with E-state index in [2.05, 4.69) is 10.2 Å². The summed E-state index contributed by atoms with van der Waals surface area (Å²) in [6.07, 6.45) is 0.433. The molecule has 5 aromatic rings. The molecule has 3 aromatic carbocycles. The van der Waals surface area contributed by atoms with E-state index in [1.807, 2.05) is 19.9 Å². The van der Waals surface area contributed by atoms with Gasteiger partial charge in [0.15, 0.2) is 5.75 Å². The molecule has 12 heteroatoms. The minimum atomic E-state index is -1.31. The van der Waals surface area contributed by atoms with Crippen LogP contribution in [-0.2, 0) is 33.9 Å². The molecule has 9 nitrogen and oxygen atoms in total. The van der Waals surface area contributed by atoms with Gasteiger partial charge in [0.2, 0.25) is 0 Å². The number of hydrogen-bond donors (Lipinski definition) is 2. The van der Waals surface area contributed by atoms with Crippen molar-refractivity contribution in [2.45, 2.75) is 39.7 Å². The second kappa shape index (κ2) is 12.6. The molecule has 0 saturated heterocycles. The van der Waals surface area contributed by atoms with Gasteiger partial charge in [-0.15, -0.1) is 11.3 Å². The van der Waals surface area contributed by atoms with Crippen LogP contribution in [-0.4, -0.2) is 27.0 Å². The van der Waals surface area contributed by atoms with E-state index < -0.39 is 18.4 Å². The Balaban J connectivity index is 1.45. The van der Waals surface area contributed by atoms with Crippen LogP contribution in [0.5, 0.6) is 11.5 Å². The number of anilines is 2. The number of rotatable bonds is 11. The van der Waals surface area contributed by atoms with E-state index in [9.17, 15) is 14.0 Å². The summed E-state index contributed by atoms with van der Waals surface area (Å²) < 4.78 is 20.1. The van der Waals surface area contributed by atoms with Gasteiger partial charge in [-0.05, 0) is 53.9 Å². The molecule has 0 aliphatic carbocycles. The van der Waals surface area contributed by atoms with Crippen LogP contribution in [0.15, 0.2) is 54.6 Å². The molecule has 42 heavy (non-hydrogen) atoms. The van der Waals surface area contributed by atoms with Crippen LogP contribution in [0.25, 0.3) is 20.3 Å². The van der Waals surface area contributed by atoms with Crippen LogP contribution in [0, 0.1) is 5.82 Å². The van der Waals surface area contributed by atoms with Crippen LogP contribution in [0.3, 0.4) is 0 Å². The summed E-state index contributed by atoms with van der Waals surface area (Å²) in [5.74, 6) is -0.678. The van der Waals surface area contributed by atoms with Crippen molar-refractivity contribution in [2.75, 3.05) is 5.32 Å². The Morgan fingerprint density at radius 3 is 2.60 bits per heavy atom. The predicted molar refractivity (Wildman–Crippen MR) is 158 cm³/mol. The number of halogens is 2. The zero-order valence-corrected chi connectivity index (χ0v) is 24.1. The molecule has 0 unspecified atom stereocenters. The topological polar surface area (TPSA) is 120 Å². The standard InChI is InChI=1S/C30H25ClFN3O6S/c1-3-17-11-20(40-41-26(38)14-25(36)37)13-23-27(17)28-29(34-24(4-2)35-30(28)42-23)33-19-8-9-22(21(31)12-19)39-15-16-6-5-7-18(32)10-16/h5-13H,3-4,14-15H2,1-2H3,(H,36,37)(H,33,34,35). The van der Waals surface area contributed by atoms with E-state index >= 15 is 0 Å². The van der Waals surface area contributed by atoms with Crippen molar-refractivity contribution in [3.05, 3.63) is 82.4 Å². The van der Waals surface area contributed by atoms with Crippen molar-refractivity contribution >= 4 is 66.7 Å². The third-order valence-electron chi connectivity index (χ3n) is 6.24. The molecule has 0 radical (unpaired) electrons. The summed E-state index contributed by atoms with van der Waals surface area (Å²) in [4.78, 5) is 42.5. The highest BCUT2D eigenvalue weighted by atomic mass is 35.5. The van der Waals surface area contributed by atoms with Gasteiger partial charge in [0.25, 0.3) is 0 Å². The zero-order valence-electron chi connectivity index (χ0n) is 22.6. The Morgan fingerprint density at radius 1 is 1.05 bits per heavy atom. The van der Waals surface area contributed by atoms with E-state index in [1.165, 1.54) is 23.5 Å². The van der Waals surface area contributed by atoms with E-state index in [0.29, 0.717) is 46.5 Å². The van der Waals surface area contributed by atoms with Gasteiger partial charge in [-0.25, -0.2) is 24.0 Å².